The van der Waals surface area contributed by atoms with Crippen LogP contribution in [-0.2, 0) is 0 Å². The topological polar surface area (TPSA) is 0 Å². The second kappa shape index (κ2) is 5.68. The zero-order chi connectivity index (χ0) is 12.6. The molecule has 0 amide bonds. The van der Waals surface area contributed by atoms with E-state index in [0.29, 0.717) is 14.4 Å². The van der Waals surface area contributed by atoms with E-state index in [1.807, 2.05) is 6.07 Å². The summed E-state index contributed by atoms with van der Waals surface area (Å²) in [6.07, 6.45) is 0. The van der Waals surface area contributed by atoms with E-state index in [4.69, 9.17) is 46.4 Å². The summed E-state index contributed by atoms with van der Waals surface area (Å²) in [6, 6.07) is 7.17. The third-order valence-electron chi connectivity index (χ3n) is 2.09. The van der Waals surface area contributed by atoms with E-state index < -0.39 is 0 Å². The second-order valence-electron chi connectivity index (χ2n) is 3.34. The predicted molar refractivity (Wildman–Crippen MR) is 81.2 cm³/mol. The van der Waals surface area contributed by atoms with Gasteiger partial charge in [0, 0.05) is 19.4 Å². The molecule has 0 saturated heterocycles. The fourth-order valence-corrected chi connectivity index (χ4v) is 3.98. The summed E-state index contributed by atoms with van der Waals surface area (Å²) in [5, 5.41) is 0.833. The van der Waals surface area contributed by atoms with Gasteiger partial charge in [-0.2, -0.15) is 0 Å². The first kappa shape index (κ1) is 14.0. The minimum absolute atomic E-state index is 0.306. The highest BCUT2D eigenvalue weighted by Gasteiger charge is 2.16. The van der Waals surface area contributed by atoms with Gasteiger partial charge >= 0.3 is 0 Å². The summed E-state index contributed by atoms with van der Waals surface area (Å²) >= 11 is 29.0. The van der Waals surface area contributed by atoms with Crippen molar-refractivity contribution < 1.29 is 0 Å². The first-order valence-electron chi connectivity index (χ1n) is 4.52. The number of hydrogen-bond donors (Lipinski definition) is 0. The smallest absolute Gasteiger partial charge is 0.107 e. The zero-order valence-electron chi connectivity index (χ0n) is 8.18. The van der Waals surface area contributed by atoms with E-state index in [1.54, 1.807) is 18.2 Å². The Morgan fingerprint density at radius 1 is 1.00 bits per heavy atom. The molecule has 0 aliphatic heterocycles. The molecule has 1 aromatic heterocycles. The highest BCUT2D eigenvalue weighted by Crippen LogP contribution is 2.41. The van der Waals surface area contributed by atoms with Gasteiger partial charge in [-0.3, -0.25) is 0 Å². The molecule has 0 aliphatic rings. The fraction of sp³-hybridized carbons (Fsp3) is 0.0909. The first-order valence-corrected chi connectivity index (χ1v) is 7.70. The van der Waals surface area contributed by atoms with Crippen molar-refractivity contribution >= 4 is 73.7 Å². The van der Waals surface area contributed by atoms with Crippen molar-refractivity contribution in [3.05, 3.63) is 53.6 Å². The van der Waals surface area contributed by atoms with E-state index in [2.05, 4.69) is 15.9 Å². The molecule has 1 aromatic carbocycles. The van der Waals surface area contributed by atoms with Crippen LogP contribution < -0.4 is 0 Å². The van der Waals surface area contributed by atoms with E-state index in [9.17, 15) is 0 Å². The van der Waals surface area contributed by atoms with Crippen LogP contribution in [0, 0.1) is 0 Å². The van der Waals surface area contributed by atoms with Gasteiger partial charge in [0.2, 0.25) is 0 Å². The Balaban J connectivity index is 2.39. The van der Waals surface area contributed by atoms with Crippen molar-refractivity contribution in [2.24, 2.45) is 0 Å². The number of rotatable bonds is 2. The minimum atomic E-state index is -0.306. The molecule has 0 radical (unpaired) electrons. The molecular weight excluding hydrogens is 386 g/mol. The monoisotopic (exact) mass is 388 g/mol. The lowest BCUT2D eigenvalue weighted by Crippen LogP contribution is -1.90. The molecule has 0 nitrogen and oxygen atoms in total. The van der Waals surface area contributed by atoms with Gasteiger partial charge in [0.25, 0.3) is 0 Å². The summed E-state index contributed by atoms with van der Waals surface area (Å²) in [4.78, 5) is 0.946. The van der Waals surface area contributed by atoms with Gasteiger partial charge in [-0.15, -0.1) is 22.9 Å². The maximum absolute atomic E-state index is 6.37. The van der Waals surface area contributed by atoms with Gasteiger partial charge in [-0.05, 0) is 45.8 Å². The summed E-state index contributed by atoms with van der Waals surface area (Å²) in [5.41, 5.74) is 0.856. The van der Waals surface area contributed by atoms with Crippen LogP contribution in [0.15, 0.2) is 28.7 Å². The molecule has 0 spiro atoms. The van der Waals surface area contributed by atoms with Crippen molar-refractivity contribution in [1.82, 2.24) is 0 Å². The second-order valence-corrected chi connectivity index (χ2v) is 7.19. The maximum atomic E-state index is 6.37. The van der Waals surface area contributed by atoms with Crippen LogP contribution in [0.25, 0.3) is 0 Å². The van der Waals surface area contributed by atoms with Crippen LogP contribution in [0.2, 0.25) is 14.4 Å². The van der Waals surface area contributed by atoms with Crippen LogP contribution in [0.1, 0.15) is 15.8 Å². The van der Waals surface area contributed by atoms with Crippen molar-refractivity contribution in [2.75, 3.05) is 0 Å². The molecule has 1 unspecified atom stereocenters. The van der Waals surface area contributed by atoms with Gasteiger partial charge in [0.15, 0.2) is 0 Å². The standard InChI is InChI=1S/C11H5BrCl4S/c12-8-4-9(17-11(8)16)10(15)5-1-6(13)3-7(14)2-5/h1-4,10H. The third-order valence-corrected chi connectivity index (χ3v) is 5.68. The van der Waals surface area contributed by atoms with Crippen molar-refractivity contribution in [2.45, 2.75) is 5.38 Å². The Bertz CT molecular complexity index is 513. The average Bonchev–Trinajstić information content (AvgIpc) is 2.57. The number of alkyl halides is 1. The molecule has 90 valence electrons. The van der Waals surface area contributed by atoms with Crippen LogP contribution in [0.3, 0.4) is 0 Å². The summed E-state index contributed by atoms with van der Waals surface area (Å²) in [7, 11) is 0. The van der Waals surface area contributed by atoms with Gasteiger partial charge in [0.05, 0.1) is 5.38 Å². The average molecular weight is 391 g/mol. The molecule has 0 fully saturated rings. The van der Waals surface area contributed by atoms with Gasteiger partial charge in [-0.25, -0.2) is 0 Å². The largest absolute Gasteiger partial charge is 0.125 e. The molecule has 0 saturated carbocycles. The molecule has 0 bridgehead atoms. The molecule has 1 heterocycles. The van der Waals surface area contributed by atoms with Crippen LogP contribution >= 0.6 is 73.7 Å². The summed E-state index contributed by atoms with van der Waals surface area (Å²) in [5.74, 6) is 0. The molecule has 2 rings (SSSR count). The minimum Gasteiger partial charge on any atom is -0.125 e. The Morgan fingerprint density at radius 2 is 1.59 bits per heavy atom. The lowest BCUT2D eigenvalue weighted by Gasteiger charge is -2.08. The molecule has 1 atom stereocenters. The zero-order valence-corrected chi connectivity index (χ0v) is 13.6. The van der Waals surface area contributed by atoms with Gasteiger partial charge < -0.3 is 0 Å². The van der Waals surface area contributed by atoms with Crippen molar-refractivity contribution in [3.63, 3.8) is 0 Å². The van der Waals surface area contributed by atoms with Crippen LogP contribution in [0.5, 0.6) is 0 Å². The van der Waals surface area contributed by atoms with E-state index in [0.717, 1.165) is 14.9 Å². The first-order chi connectivity index (χ1) is 7.97. The highest BCUT2D eigenvalue weighted by atomic mass is 79.9. The maximum Gasteiger partial charge on any atom is 0.107 e. The summed E-state index contributed by atoms with van der Waals surface area (Å²) < 4.78 is 1.52. The quantitative estimate of drug-likeness (QED) is 0.494. The SMILES string of the molecule is Clc1cc(Cl)cc(C(Cl)c2cc(Br)c(Cl)s2)c1. The fourth-order valence-electron chi connectivity index (χ4n) is 1.37. The van der Waals surface area contributed by atoms with Crippen LogP contribution in [-0.4, -0.2) is 0 Å². The third kappa shape index (κ3) is 3.31. The Hall–Kier alpha value is 0.560. The molecule has 0 N–H and O–H groups in total. The number of hydrogen-bond acceptors (Lipinski definition) is 1. The number of halogens is 5. The number of thiophene rings is 1. The lowest BCUT2D eigenvalue weighted by molar-refractivity contribution is 1.18. The molecule has 2 aromatic rings. The van der Waals surface area contributed by atoms with E-state index >= 15 is 0 Å². The van der Waals surface area contributed by atoms with Gasteiger partial charge in [0.1, 0.15) is 4.34 Å². The molecule has 17 heavy (non-hydrogen) atoms. The molecular formula is C11H5BrCl4S. The molecule has 6 heteroatoms. The van der Waals surface area contributed by atoms with E-state index in [-0.39, 0.29) is 5.38 Å². The Kier molecular flexibility index (Phi) is 4.67. The number of benzene rings is 1. The van der Waals surface area contributed by atoms with Crippen molar-refractivity contribution in [1.29, 1.82) is 0 Å². The predicted octanol–water partition coefficient (Wildman–Crippen LogP) is 6.80. The highest BCUT2D eigenvalue weighted by molar-refractivity contribution is 9.10. The molecule has 0 aliphatic carbocycles. The Morgan fingerprint density at radius 3 is 2.06 bits per heavy atom. The van der Waals surface area contributed by atoms with Crippen molar-refractivity contribution in [3.8, 4) is 0 Å². The van der Waals surface area contributed by atoms with E-state index in [1.165, 1.54) is 11.3 Å². The van der Waals surface area contributed by atoms with Crippen LogP contribution in [0.4, 0.5) is 0 Å². The summed E-state index contributed by atoms with van der Waals surface area (Å²) in [6.45, 7) is 0. The van der Waals surface area contributed by atoms with Gasteiger partial charge in [-0.1, -0.05) is 34.8 Å². The normalized spacial score (nSPS) is 12.8. The Labute approximate surface area is 132 Å². The lowest BCUT2D eigenvalue weighted by atomic mass is 10.1.